The van der Waals surface area contributed by atoms with Crippen molar-refractivity contribution in [1.29, 1.82) is 0 Å². The standard InChI is InChI=1S/C14H21ClFN/c1-4-10(2)8-12(17-3)9-11-6-5-7-13(15)14(11)16/h5-7,10,12,17H,4,8-9H2,1-3H3. The van der Waals surface area contributed by atoms with Crippen molar-refractivity contribution in [2.24, 2.45) is 5.92 Å². The van der Waals surface area contributed by atoms with E-state index in [0.29, 0.717) is 23.9 Å². The summed E-state index contributed by atoms with van der Waals surface area (Å²) in [7, 11) is 1.93. The summed E-state index contributed by atoms with van der Waals surface area (Å²) in [6.07, 6.45) is 2.89. The second-order valence-electron chi connectivity index (χ2n) is 4.65. The molecule has 0 fully saturated rings. The molecule has 0 aliphatic carbocycles. The van der Waals surface area contributed by atoms with Gasteiger partial charge in [0.15, 0.2) is 0 Å². The Kier molecular flexibility index (Phi) is 5.93. The number of likely N-dealkylation sites (N-methyl/N-ethyl adjacent to an activating group) is 1. The first-order valence-corrected chi connectivity index (χ1v) is 6.56. The summed E-state index contributed by atoms with van der Waals surface area (Å²) in [5.74, 6) is 0.369. The molecule has 1 aromatic rings. The molecule has 0 spiro atoms. The lowest BCUT2D eigenvalue weighted by atomic mass is 9.94. The molecule has 0 amide bonds. The highest BCUT2D eigenvalue weighted by molar-refractivity contribution is 6.30. The van der Waals surface area contributed by atoms with Gasteiger partial charge in [-0.15, -0.1) is 0 Å². The third kappa shape index (κ3) is 4.29. The molecule has 2 atom stereocenters. The summed E-state index contributed by atoms with van der Waals surface area (Å²) >= 11 is 5.78. The first-order valence-electron chi connectivity index (χ1n) is 6.18. The van der Waals surface area contributed by atoms with Gasteiger partial charge in [0.2, 0.25) is 0 Å². The molecule has 17 heavy (non-hydrogen) atoms. The van der Waals surface area contributed by atoms with Gasteiger partial charge < -0.3 is 5.32 Å². The van der Waals surface area contributed by atoms with Crippen LogP contribution in [-0.4, -0.2) is 13.1 Å². The molecule has 0 aromatic heterocycles. The van der Waals surface area contributed by atoms with Crippen LogP contribution >= 0.6 is 11.6 Å². The number of benzene rings is 1. The first-order chi connectivity index (χ1) is 8.08. The third-order valence-electron chi connectivity index (χ3n) is 3.29. The molecule has 3 heteroatoms. The second kappa shape index (κ2) is 6.97. The van der Waals surface area contributed by atoms with E-state index < -0.39 is 0 Å². The Balaban J connectivity index is 2.70. The summed E-state index contributed by atoms with van der Waals surface area (Å²) in [4.78, 5) is 0. The molecule has 0 saturated carbocycles. The molecule has 1 rings (SSSR count). The highest BCUT2D eigenvalue weighted by Gasteiger charge is 2.14. The fourth-order valence-electron chi connectivity index (χ4n) is 1.93. The number of hydrogen-bond acceptors (Lipinski definition) is 1. The fraction of sp³-hybridized carbons (Fsp3) is 0.571. The number of halogens is 2. The molecule has 96 valence electrons. The average Bonchev–Trinajstić information content (AvgIpc) is 2.33. The van der Waals surface area contributed by atoms with Gasteiger partial charge >= 0.3 is 0 Å². The van der Waals surface area contributed by atoms with Gasteiger partial charge in [0.25, 0.3) is 0 Å². The summed E-state index contributed by atoms with van der Waals surface area (Å²) in [5.41, 5.74) is 0.695. The van der Waals surface area contributed by atoms with Crippen LogP contribution in [0.4, 0.5) is 4.39 Å². The fourth-order valence-corrected chi connectivity index (χ4v) is 2.12. The molecular formula is C14H21ClFN. The lowest BCUT2D eigenvalue weighted by Gasteiger charge is -2.20. The van der Waals surface area contributed by atoms with Crippen LogP contribution in [0, 0.1) is 11.7 Å². The van der Waals surface area contributed by atoms with Crippen molar-refractivity contribution >= 4 is 11.6 Å². The van der Waals surface area contributed by atoms with Crippen LogP contribution in [0.5, 0.6) is 0 Å². The van der Waals surface area contributed by atoms with E-state index >= 15 is 0 Å². The van der Waals surface area contributed by atoms with Gasteiger partial charge in [-0.3, -0.25) is 0 Å². The van der Waals surface area contributed by atoms with Crippen molar-refractivity contribution in [2.75, 3.05) is 7.05 Å². The minimum absolute atomic E-state index is 0.209. The monoisotopic (exact) mass is 257 g/mol. The normalized spacial score (nSPS) is 14.6. The zero-order valence-corrected chi connectivity index (χ0v) is 11.5. The molecule has 1 N–H and O–H groups in total. The lowest BCUT2D eigenvalue weighted by Crippen LogP contribution is -2.29. The van der Waals surface area contributed by atoms with Crippen LogP contribution in [0.3, 0.4) is 0 Å². The van der Waals surface area contributed by atoms with Crippen molar-refractivity contribution in [3.63, 3.8) is 0 Å². The Morgan fingerprint density at radius 2 is 2.12 bits per heavy atom. The van der Waals surface area contributed by atoms with E-state index in [0.717, 1.165) is 12.8 Å². The quantitative estimate of drug-likeness (QED) is 0.811. The average molecular weight is 258 g/mol. The number of rotatable bonds is 6. The van der Waals surface area contributed by atoms with Crippen LogP contribution in [0.25, 0.3) is 0 Å². The molecule has 1 nitrogen and oxygen atoms in total. The predicted octanol–water partition coefficient (Wildman–Crippen LogP) is 4.05. The maximum Gasteiger partial charge on any atom is 0.145 e. The SMILES string of the molecule is CCC(C)CC(Cc1cccc(Cl)c1F)NC. The molecular weight excluding hydrogens is 237 g/mol. The molecule has 0 heterocycles. The molecule has 0 saturated heterocycles. The number of nitrogens with one attached hydrogen (secondary N) is 1. The van der Waals surface area contributed by atoms with Gasteiger partial charge in [0.05, 0.1) is 5.02 Å². The first kappa shape index (κ1) is 14.5. The van der Waals surface area contributed by atoms with E-state index in [1.165, 1.54) is 0 Å². The van der Waals surface area contributed by atoms with E-state index in [2.05, 4.69) is 19.2 Å². The van der Waals surface area contributed by atoms with Gasteiger partial charge in [0.1, 0.15) is 5.82 Å². The molecule has 2 unspecified atom stereocenters. The zero-order valence-electron chi connectivity index (χ0n) is 10.8. The Morgan fingerprint density at radius 1 is 1.41 bits per heavy atom. The van der Waals surface area contributed by atoms with E-state index in [1.54, 1.807) is 12.1 Å². The van der Waals surface area contributed by atoms with E-state index in [-0.39, 0.29) is 10.8 Å². The van der Waals surface area contributed by atoms with Crippen molar-refractivity contribution in [2.45, 2.75) is 39.2 Å². The molecule has 0 radical (unpaired) electrons. The molecule has 0 aliphatic heterocycles. The van der Waals surface area contributed by atoms with Crippen LogP contribution in [0.15, 0.2) is 18.2 Å². The molecule has 1 aromatic carbocycles. The van der Waals surface area contributed by atoms with Crippen molar-refractivity contribution in [3.8, 4) is 0 Å². The largest absolute Gasteiger partial charge is 0.317 e. The van der Waals surface area contributed by atoms with Crippen molar-refractivity contribution < 1.29 is 4.39 Å². The van der Waals surface area contributed by atoms with Gasteiger partial charge in [-0.25, -0.2) is 4.39 Å². The molecule has 0 bridgehead atoms. The predicted molar refractivity (Wildman–Crippen MR) is 72.0 cm³/mol. The Morgan fingerprint density at radius 3 is 2.71 bits per heavy atom. The lowest BCUT2D eigenvalue weighted by molar-refractivity contribution is 0.406. The Labute approximate surface area is 108 Å². The zero-order chi connectivity index (χ0) is 12.8. The molecule has 0 aliphatic rings. The minimum atomic E-state index is -0.279. The van der Waals surface area contributed by atoms with Gasteiger partial charge in [-0.2, -0.15) is 0 Å². The van der Waals surface area contributed by atoms with Gasteiger partial charge in [0, 0.05) is 6.04 Å². The third-order valence-corrected chi connectivity index (χ3v) is 3.58. The number of hydrogen-bond donors (Lipinski definition) is 1. The smallest absolute Gasteiger partial charge is 0.145 e. The van der Waals surface area contributed by atoms with E-state index in [9.17, 15) is 4.39 Å². The minimum Gasteiger partial charge on any atom is -0.317 e. The van der Waals surface area contributed by atoms with Crippen molar-refractivity contribution in [1.82, 2.24) is 5.32 Å². The van der Waals surface area contributed by atoms with Crippen LogP contribution in [0.2, 0.25) is 5.02 Å². The Bertz CT molecular complexity index is 354. The summed E-state index contributed by atoms with van der Waals surface area (Å²) in [6, 6.07) is 5.50. The van der Waals surface area contributed by atoms with Crippen LogP contribution < -0.4 is 5.32 Å². The topological polar surface area (TPSA) is 12.0 Å². The van der Waals surface area contributed by atoms with E-state index in [1.807, 2.05) is 13.1 Å². The van der Waals surface area contributed by atoms with Crippen molar-refractivity contribution in [3.05, 3.63) is 34.6 Å². The summed E-state index contributed by atoms with van der Waals surface area (Å²) < 4.78 is 13.8. The second-order valence-corrected chi connectivity index (χ2v) is 5.06. The van der Waals surface area contributed by atoms with E-state index in [4.69, 9.17) is 11.6 Å². The van der Waals surface area contributed by atoms with Crippen LogP contribution in [0.1, 0.15) is 32.3 Å². The summed E-state index contributed by atoms with van der Waals surface area (Å²) in [5, 5.41) is 3.46. The highest BCUT2D eigenvalue weighted by atomic mass is 35.5. The van der Waals surface area contributed by atoms with Crippen LogP contribution in [-0.2, 0) is 6.42 Å². The van der Waals surface area contributed by atoms with Gasteiger partial charge in [-0.1, -0.05) is 44.0 Å². The maximum absolute atomic E-state index is 13.8. The highest BCUT2D eigenvalue weighted by Crippen LogP contribution is 2.21. The maximum atomic E-state index is 13.8. The van der Waals surface area contributed by atoms with Gasteiger partial charge in [-0.05, 0) is 37.4 Å². The summed E-state index contributed by atoms with van der Waals surface area (Å²) in [6.45, 7) is 4.40. The Hall–Kier alpha value is -0.600.